The van der Waals surface area contributed by atoms with Gasteiger partial charge in [0.2, 0.25) is 0 Å². The Balaban J connectivity index is 2.05. The Hall–Kier alpha value is -0.440. The van der Waals surface area contributed by atoms with E-state index >= 15 is 0 Å². The summed E-state index contributed by atoms with van der Waals surface area (Å²) < 4.78 is 5.29. The molecule has 0 unspecified atom stereocenters. The van der Waals surface area contributed by atoms with Crippen LogP contribution in [0.2, 0.25) is 10.0 Å². The zero-order valence-electron chi connectivity index (χ0n) is 8.30. The molecule has 1 heterocycles. The SMILES string of the molecule is Clc1ccc(Cl)c(NC2CCOCC2)c1. The predicted octanol–water partition coefficient (Wildman–Crippen LogP) is 3.58. The minimum atomic E-state index is 0.440. The van der Waals surface area contributed by atoms with Gasteiger partial charge in [0.1, 0.15) is 0 Å². The third-order valence-electron chi connectivity index (χ3n) is 2.51. The van der Waals surface area contributed by atoms with E-state index in [0.717, 1.165) is 31.7 Å². The maximum atomic E-state index is 6.06. The molecule has 1 N–H and O–H groups in total. The Morgan fingerprint density at radius 3 is 2.67 bits per heavy atom. The van der Waals surface area contributed by atoms with Crippen molar-refractivity contribution in [3.8, 4) is 0 Å². The van der Waals surface area contributed by atoms with Crippen LogP contribution in [0.15, 0.2) is 18.2 Å². The van der Waals surface area contributed by atoms with Crippen molar-refractivity contribution in [2.75, 3.05) is 18.5 Å². The van der Waals surface area contributed by atoms with Crippen LogP contribution in [0.4, 0.5) is 5.69 Å². The molecule has 1 fully saturated rings. The zero-order chi connectivity index (χ0) is 10.7. The van der Waals surface area contributed by atoms with Crippen LogP contribution in [0, 0.1) is 0 Å². The highest BCUT2D eigenvalue weighted by Gasteiger charge is 2.14. The van der Waals surface area contributed by atoms with Crippen LogP contribution in [0.25, 0.3) is 0 Å². The lowest BCUT2D eigenvalue weighted by Crippen LogP contribution is -2.27. The molecule has 0 aromatic heterocycles. The van der Waals surface area contributed by atoms with Crippen LogP contribution in [-0.2, 0) is 4.74 Å². The Kier molecular flexibility index (Phi) is 3.73. The molecule has 0 saturated carbocycles. The van der Waals surface area contributed by atoms with Crippen molar-refractivity contribution >= 4 is 28.9 Å². The Bertz CT molecular complexity index is 337. The van der Waals surface area contributed by atoms with E-state index in [4.69, 9.17) is 27.9 Å². The summed E-state index contributed by atoms with van der Waals surface area (Å²) >= 11 is 12.0. The first-order valence-electron chi connectivity index (χ1n) is 5.05. The molecule has 1 aliphatic rings. The maximum absolute atomic E-state index is 6.06. The highest BCUT2D eigenvalue weighted by Crippen LogP contribution is 2.27. The van der Waals surface area contributed by atoms with Gasteiger partial charge in [-0.1, -0.05) is 23.2 Å². The van der Waals surface area contributed by atoms with Gasteiger partial charge in [-0.3, -0.25) is 0 Å². The first-order chi connectivity index (χ1) is 7.25. The second-order valence-corrected chi connectivity index (χ2v) is 4.50. The van der Waals surface area contributed by atoms with E-state index < -0.39 is 0 Å². The second kappa shape index (κ2) is 5.06. The van der Waals surface area contributed by atoms with Gasteiger partial charge in [0.25, 0.3) is 0 Å². The number of rotatable bonds is 2. The second-order valence-electron chi connectivity index (χ2n) is 3.66. The quantitative estimate of drug-likeness (QED) is 0.861. The van der Waals surface area contributed by atoms with Crippen molar-refractivity contribution in [1.82, 2.24) is 0 Å². The zero-order valence-corrected chi connectivity index (χ0v) is 9.81. The number of hydrogen-bond acceptors (Lipinski definition) is 2. The molecule has 4 heteroatoms. The molecule has 0 radical (unpaired) electrons. The average Bonchev–Trinajstić information content (AvgIpc) is 2.25. The summed E-state index contributed by atoms with van der Waals surface area (Å²) in [5, 5.41) is 4.81. The van der Waals surface area contributed by atoms with E-state index in [1.54, 1.807) is 6.07 Å². The summed E-state index contributed by atoms with van der Waals surface area (Å²) in [4.78, 5) is 0. The summed E-state index contributed by atoms with van der Waals surface area (Å²) in [5.41, 5.74) is 0.913. The van der Waals surface area contributed by atoms with Gasteiger partial charge in [0.15, 0.2) is 0 Å². The van der Waals surface area contributed by atoms with E-state index in [1.165, 1.54) is 0 Å². The van der Waals surface area contributed by atoms with E-state index in [2.05, 4.69) is 5.32 Å². The van der Waals surface area contributed by atoms with Crippen LogP contribution >= 0.6 is 23.2 Å². The molecule has 0 atom stereocenters. The van der Waals surface area contributed by atoms with Gasteiger partial charge < -0.3 is 10.1 Å². The third kappa shape index (κ3) is 3.00. The predicted molar refractivity (Wildman–Crippen MR) is 63.9 cm³/mol. The first-order valence-corrected chi connectivity index (χ1v) is 5.80. The van der Waals surface area contributed by atoms with E-state index in [0.29, 0.717) is 16.1 Å². The van der Waals surface area contributed by atoms with Crippen molar-refractivity contribution in [1.29, 1.82) is 0 Å². The number of hydrogen-bond donors (Lipinski definition) is 1. The van der Waals surface area contributed by atoms with Crippen molar-refractivity contribution < 1.29 is 4.74 Å². The maximum Gasteiger partial charge on any atom is 0.0638 e. The van der Waals surface area contributed by atoms with Crippen molar-refractivity contribution in [2.45, 2.75) is 18.9 Å². The normalized spacial score (nSPS) is 17.7. The van der Waals surface area contributed by atoms with Crippen molar-refractivity contribution in [2.24, 2.45) is 0 Å². The molecule has 0 spiro atoms. The summed E-state index contributed by atoms with van der Waals surface area (Å²) in [7, 11) is 0. The standard InChI is InChI=1S/C11H13Cl2NO/c12-8-1-2-10(13)11(7-8)14-9-3-5-15-6-4-9/h1-2,7,9,14H,3-6H2. The summed E-state index contributed by atoms with van der Waals surface area (Å²) in [5.74, 6) is 0. The van der Waals surface area contributed by atoms with Crippen molar-refractivity contribution in [3.05, 3.63) is 28.2 Å². The van der Waals surface area contributed by atoms with E-state index in [9.17, 15) is 0 Å². The number of benzene rings is 1. The van der Waals surface area contributed by atoms with Crippen LogP contribution in [-0.4, -0.2) is 19.3 Å². The monoisotopic (exact) mass is 245 g/mol. The minimum absolute atomic E-state index is 0.440. The fourth-order valence-electron chi connectivity index (χ4n) is 1.67. The molecule has 1 aliphatic heterocycles. The molecule has 2 nitrogen and oxygen atoms in total. The number of ether oxygens (including phenoxy) is 1. The lowest BCUT2D eigenvalue weighted by atomic mass is 10.1. The molecule has 0 aliphatic carbocycles. The van der Waals surface area contributed by atoms with Gasteiger partial charge in [-0.2, -0.15) is 0 Å². The molecule has 1 saturated heterocycles. The lowest BCUT2D eigenvalue weighted by molar-refractivity contribution is 0.0904. The highest BCUT2D eigenvalue weighted by molar-refractivity contribution is 6.35. The summed E-state index contributed by atoms with van der Waals surface area (Å²) in [6.07, 6.45) is 2.03. The number of anilines is 1. The molecule has 2 rings (SSSR count). The third-order valence-corrected chi connectivity index (χ3v) is 3.07. The molecule has 1 aromatic rings. The van der Waals surface area contributed by atoms with Crippen LogP contribution in [0.3, 0.4) is 0 Å². The molecular weight excluding hydrogens is 233 g/mol. The van der Waals surface area contributed by atoms with Crippen LogP contribution in [0.1, 0.15) is 12.8 Å². The first kappa shape index (κ1) is 11.1. The Morgan fingerprint density at radius 1 is 1.20 bits per heavy atom. The molecule has 0 amide bonds. The van der Waals surface area contributed by atoms with E-state index in [1.807, 2.05) is 12.1 Å². The van der Waals surface area contributed by atoms with Gasteiger partial charge in [-0.15, -0.1) is 0 Å². The fourth-order valence-corrected chi connectivity index (χ4v) is 2.01. The largest absolute Gasteiger partial charge is 0.381 e. The topological polar surface area (TPSA) is 21.3 Å². The number of halogens is 2. The fraction of sp³-hybridized carbons (Fsp3) is 0.455. The summed E-state index contributed by atoms with van der Waals surface area (Å²) in [6, 6.07) is 5.90. The molecule has 82 valence electrons. The van der Waals surface area contributed by atoms with Gasteiger partial charge in [0.05, 0.1) is 10.7 Å². The summed E-state index contributed by atoms with van der Waals surface area (Å²) in [6.45, 7) is 1.63. The highest BCUT2D eigenvalue weighted by atomic mass is 35.5. The molecule has 0 bridgehead atoms. The van der Waals surface area contributed by atoms with Crippen LogP contribution < -0.4 is 5.32 Å². The van der Waals surface area contributed by atoms with Gasteiger partial charge in [-0.25, -0.2) is 0 Å². The van der Waals surface area contributed by atoms with Crippen LogP contribution in [0.5, 0.6) is 0 Å². The van der Waals surface area contributed by atoms with Gasteiger partial charge >= 0.3 is 0 Å². The lowest BCUT2D eigenvalue weighted by Gasteiger charge is -2.24. The molecule has 1 aromatic carbocycles. The van der Waals surface area contributed by atoms with Crippen molar-refractivity contribution in [3.63, 3.8) is 0 Å². The minimum Gasteiger partial charge on any atom is -0.381 e. The average molecular weight is 246 g/mol. The van der Waals surface area contributed by atoms with E-state index in [-0.39, 0.29) is 0 Å². The smallest absolute Gasteiger partial charge is 0.0638 e. The Morgan fingerprint density at radius 2 is 1.93 bits per heavy atom. The van der Waals surface area contributed by atoms with Gasteiger partial charge in [-0.05, 0) is 31.0 Å². The van der Waals surface area contributed by atoms with Gasteiger partial charge in [0, 0.05) is 24.3 Å². The molecule has 15 heavy (non-hydrogen) atoms. The number of nitrogens with one attached hydrogen (secondary N) is 1. The molecular formula is C11H13Cl2NO. The Labute approximate surface area is 99.5 Å².